The lowest BCUT2D eigenvalue weighted by Crippen LogP contribution is -2.31. The van der Waals surface area contributed by atoms with Crippen LogP contribution in [0.3, 0.4) is 0 Å². The van der Waals surface area contributed by atoms with Gasteiger partial charge in [-0.3, -0.25) is 4.79 Å². The summed E-state index contributed by atoms with van der Waals surface area (Å²) in [4.78, 5) is 14.8. The summed E-state index contributed by atoms with van der Waals surface area (Å²) in [5, 5.41) is 8.96. The largest absolute Gasteiger partial charge is 0.493 e. The van der Waals surface area contributed by atoms with Crippen LogP contribution in [0.25, 0.3) is 0 Å². The molecule has 1 amide bonds. The lowest BCUT2D eigenvalue weighted by atomic mass is 10.1. The van der Waals surface area contributed by atoms with Gasteiger partial charge < -0.3 is 9.64 Å². The van der Waals surface area contributed by atoms with Crippen LogP contribution >= 0.6 is 0 Å². The molecule has 0 aliphatic rings. The number of hydrogen-bond donors (Lipinski definition) is 0. The fourth-order valence-electron chi connectivity index (χ4n) is 3.07. The Labute approximate surface area is 172 Å². The predicted molar refractivity (Wildman–Crippen MR) is 113 cm³/mol. The Morgan fingerprint density at radius 2 is 1.59 bits per heavy atom. The summed E-state index contributed by atoms with van der Waals surface area (Å²) in [5.74, 6) is 0.573. The maximum absolute atomic E-state index is 13.1. The molecule has 0 bridgehead atoms. The van der Waals surface area contributed by atoms with Crippen LogP contribution in [-0.2, 0) is 13.0 Å². The van der Waals surface area contributed by atoms with E-state index in [9.17, 15) is 4.79 Å². The van der Waals surface area contributed by atoms with Crippen molar-refractivity contribution in [2.75, 3.05) is 13.2 Å². The number of carbonyl (C=O) groups excluding carboxylic acids is 1. The fraction of sp³-hybridized carbons (Fsp3) is 0.200. The van der Waals surface area contributed by atoms with Crippen molar-refractivity contribution in [2.45, 2.75) is 19.4 Å². The number of rotatable bonds is 9. The molecule has 0 fully saturated rings. The van der Waals surface area contributed by atoms with Crippen molar-refractivity contribution in [3.8, 4) is 11.8 Å². The van der Waals surface area contributed by atoms with Gasteiger partial charge in [-0.2, -0.15) is 5.26 Å². The molecule has 0 aromatic heterocycles. The van der Waals surface area contributed by atoms with Crippen LogP contribution in [0.5, 0.6) is 5.75 Å². The number of ether oxygens (including phenoxy) is 1. The van der Waals surface area contributed by atoms with Gasteiger partial charge in [0.1, 0.15) is 5.75 Å². The molecule has 0 atom stereocenters. The first-order chi connectivity index (χ1) is 14.3. The molecular weight excluding hydrogens is 360 g/mol. The van der Waals surface area contributed by atoms with Crippen LogP contribution in [0.4, 0.5) is 0 Å². The maximum atomic E-state index is 13.1. The second-order valence-electron chi connectivity index (χ2n) is 6.73. The van der Waals surface area contributed by atoms with Crippen molar-refractivity contribution in [1.82, 2.24) is 4.90 Å². The molecule has 29 heavy (non-hydrogen) atoms. The lowest BCUT2D eigenvalue weighted by Gasteiger charge is -2.22. The Kier molecular flexibility index (Phi) is 7.42. The van der Waals surface area contributed by atoms with Gasteiger partial charge in [-0.15, -0.1) is 0 Å². The highest BCUT2D eigenvalue weighted by molar-refractivity contribution is 5.94. The van der Waals surface area contributed by atoms with Gasteiger partial charge >= 0.3 is 0 Å². The summed E-state index contributed by atoms with van der Waals surface area (Å²) < 4.78 is 5.86. The Balaban J connectivity index is 1.66. The average molecular weight is 384 g/mol. The quantitative estimate of drug-likeness (QED) is 0.529. The summed E-state index contributed by atoms with van der Waals surface area (Å²) in [6.07, 6.45) is 1.10. The van der Waals surface area contributed by atoms with Gasteiger partial charge in [0, 0.05) is 25.1 Å². The first-order valence-corrected chi connectivity index (χ1v) is 9.73. The molecule has 3 aromatic carbocycles. The molecule has 0 aliphatic carbocycles. The maximum Gasteiger partial charge on any atom is 0.254 e. The summed E-state index contributed by atoms with van der Waals surface area (Å²) in [5.41, 5.74) is 2.82. The molecule has 0 N–H and O–H groups in total. The molecule has 3 rings (SSSR count). The van der Waals surface area contributed by atoms with E-state index in [1.165, 1.54) is 5.56 Å². The zero-order chi connectivity index (χ0) is 20.3. The number of nitrogens with zero attached hydrogens (tertiary/aromatic N) is 2. The zero-order valence-corrected chi connectivity index (χ0v) is 16.3. The van der Waals surface area contributed by atoms with E-state index in [1.807, 2.05) is 60.7 Å². The van der Waals surface area contributed by atoms with E-state index < -0.39 is 0 Å². The van der Waals surface area contributed by atoms with E-state index in [0.717, 1.165) is 12.0 Å². The molecule has 0 saturated carbocycles. The van der Waals surface area contributed by atoms with Crippen molar-refractivity contribution in [2.24, 2.45) is 0 Å². The third kappa shape index (κ3) is 6.22. The summed E-state index contributed by atoms with van der Waals surface area (Å²) in [6, 6.07) is 29.3. The molecule has 146 valence electrons. The minimum absolute atomic E-state index is 0.0994. The summed E-state index contributed by atoms with van der Waals surface area (Å²) >= 11 is 0. The third-order valence-corrected chi connectivity index (χ3v) is 4.58. The highest BCUT2D eigenvalue weighted by Crippen LogP contribution is 2.17. The van der Waals surface area contributed by atoms with E-state index in [0.29, 0.717) is 37.4 Å². The van der Waals surface area contributed by atoms with Crippen LogP contribution in [0, 0.1) is 11.3 Å². The molecule has 0 aliphatic heterocycles. The molecule has 0 heterocycles. The van der Waals surface area contributed by atoms with Crippen molar-refractivity contribution in [3.63, 3.8) is 0 Å². The van der Waals surface area contributed by atoms with Crippen LogP contribution in [0.2, 0.25) is 0 Å². The number of amides is 1. The smallest absolute Gasteiger partial charge is 0.254 e. The third-order valence-electron chi connectivity index (χ3n) is 4.58. The van der Waals surface area contributed by atoms with Gasteiger partial charge in [0.05, 0.1) is 19.1 Å². The summed E-state index contributed by atoms with van der Waals surface area (Å²) in [6.45, 7) is 1.41. The zero-order valence-electron chi connectivity index (χ0n) is 16.3. The monoisotopic (exact) mass is 384 g/mol. The van der Waals surface area contributed by atoms with Gasteiger partial charge in [-0.05, 0) is 29.3 Å². The Morgan fingerprint density at radius 1 is 0.897 bits per heavy atom. The van der Waals surface area contributed by atoms with Crippen LogP contribution in [0.15, 0.2) is 84.9 Å². The molecule has 4 nitrogen and oxygen atoms in total. The van der Waals surface area contributed by atoms with Gasteiger partial charge in [0.25, 0.3) is 5.91 Å². The number of carbonyl (C=O) groups is 1. The standard InChI is InChI=1S/C25H24N2O2/c26-16-8-17-27(20-22-11-5-2-6-12-22)25(28)23-13-7-14-24(19-23)29-18-15-21-9-3-1-4-10-21/h1-7,9-14,19H,8,15,17-18,20H2. The highest BCUT2D eigenvalue weighted by atomic mass is 16.5. The molecule has 4 heteroatoms. The van der Waals surface area contributed by atoms with Gasteiger partial charge in [0.15, 0.2) is 0 Å². The van der Waals surface area contributed by atoms with Crippen molar-refractivity contribution < 1.29 is 9.53 Å². The van der Waals surface area contributed by atoms with E-state index in [-0.39, 0.29) is 5.91 Å². The van der Waals surface area contributed by atoms with Gasteiger partial charge in [0.2, 0.25) is 0 Å². The molecule has 0 spiro atoms. The minimum Gasteiger partial charge on any atom is -0.493 e. The Bertz CT molecular complexity index is 949. The first-order valence-electron chi connectivity index (χ1n) is 9.73. The predicted octanol–water partition coefficient (Wildman–Crippen LogP) is 4.86. The van der Waals surface area contributed by atoms with Crippen LogP contribution in [-0.4, -0.2) is 24.0 Å². The van der Waals surface area contributed by atoms with E-state index in [2.05, 4.69) is 18.2 Å². The SMILES string of the molecule is N#CCCN(Cc1ccccc1)C(=O)c1cccc(OCCc2ccccc2)c1. The number of hydrogen-bond acceptors (Lipinski definition) is 3. The molecular formula is C25H24N2O2. The fourth-order valence-corrected chi connectivity index (χ4v) is 3.07. The van der Waals surface area contributed by atoms with Crippen molar-refractivity contribution in [3.05, 3.63) is 102 Å². The Morgan fingerprint density at radius 3 is 2.28 bits per heavy atom. The van der Waals surface area contributed by atoms with Crippen molar-refractivity contribution in [1.29, 1.82) is 5.26 Å². The molecule has 0 saturated heterocycles. The van der Waals surface area contributed by atoms with E-state index >= 15 is 0 Å². The molecule has 3 aromatic rings. The first kappa shape index (κ1) is 20.2. The lowest BCUT2D eigenvalue weighted by molar-refractivity contribution is 0.0746. The van der Waals surface area contributed by atoms with Crippen LogP contribution < -0.4 is 4.74 Å². The summed E-state index contributed by atoms with van der Waals surface area (Å²) in [7, 11) is 0. The second kappa shape index (κ2) is 10.7. The minimum atomic E-state index is -0.0994. The molecule has 0 unspecified atom stereocenters. The number of benzene rings is 3. The van der Waals surface area contributed by atoms with E-state index in [4.69, 9.17) is 10.00 Å². The highest BCUT2D eigenvalue weighted by Gasteiger charge is 2.16. The number of nitriles is 1. The van der Waals surface area contributed by atoms with E-state index in [1.54, 1.807) is 17.0 Å². The van der Waals surface area contributed by atoms with Gasteiger partial charge in [-0.25, -0.2) is 0 Å². The topological polar surface area (TPSA) is 53.3 Å². The second-order valence-corrected chi connectivity index (χ2v) is 6.73. The average Bonchev–Trinajstić information content (AvgIpc) is 2.78. The van der Waals surface area contributed by atoms with Gasteiger partial charge in [-0.1, -0.05) is 66.7 Å². The van der Waals surface area contributed by atoms with Crippen LogP contribution in [0.1, 0.15) is 27.9 Å². The Hall–Kier alpha value is -3.58. The normalized spacial score (nSPS) is 10.2. The molecule has 0 radical (unpaired) electrons. The van der Waals surface area contributed by atoms with Crippen molar-refractivity contribution >= 4 is 5.91 Å².